The van der Waals surface area contributed by atoms with Crippen LogP contribution in [0.25, 0.3) is 0 Å². The number of hydrogen-bond donors (Lipinski definition) is 1. The molecule has 1 aliphatic heterocycles. The lowest BCUT2D eigenvalue weighted by Crippen LogP contribution is -2.22. The molecule has 1 fully saturated rings. The molecule has 0 spiro atoms. The van der Waals surface area contributed by atoms with Gasteiger partial charge >= 0.3 is 0 Å². The number of rotatable bonds is 3. The van der Waals surface area contributed by atoms with Gasteiger partial charge in [-0.1, -0.05) is 12.1 Å². The number of aryl methyl sites for hydroxylation is 2. The van der Waals surface area contributed by atoms with E-state index in [1.807, 2.05) is 12.1 Å². The van der Waals surface area contributed by atoms with Gasteiger partial charge in [-0.05, 0) is 49.3 Å². The molecular weight excluding hydrogens is 234 g/mol. The summed E-state index contributed by atoms with van der Waals surface area (Å²) in [5.74, 6) is 0.270. The molecule has 2 N–H and O–H groups in total. The molecule has 0 atom stereocenters. The molecule has 0 radical (unpaired) electrons. The molecule has 3 rings (SSSR count). The minimum absolute atomic E-state index is 0.0745. The van der Waals surface area contributed by atoms with Crippen molar-refractivity contribution in [1.29, 1.82) is 0 Å². The molecule has 0 unspecified atom stereocenters. The standard InChI is InChI=1S/C13H17NO2S/c14-13(6-7-13)5-3-10-1-2-12-11(9-10)4-8-17(12,15)16/h1-2,9H,3-8,14H2. The maximum absolute atomic E-state index is 11.7. The third-order valence-corrected chi connectivity index (χ3v) is 5.71. The minimum Gasteiger partial charge on any atom is -0.325 e. The molecule has 1 aliphatic carbocycles. The maximum atomic E-state index is 11.7. The number of fused-ring (bicyclic) bond motifs is 1. The van der Waals surface area contributed by atoms with E-state index in [1.165, 1.54) is 5.56 Å². The third-order valence-electron chi connectivity index (χ3n) is 3.90. The van der Waals surface area contributed by atoms with Crippen molar-refractivity contribution in [2.45, 2.75) is 42.5 Å². The number of hydrogen-bond acceptors (Lipinski definition) is 3. The van der Waals surface area contributed by atoms with Crippen LogP contribution in [0, 0.1) is 0 Å². The SMILES string of the molecule is NC1(CCc2ccc3c(c2)CCS3(=O)=O)CC1. The first-order valence-electron chi connectivity index (χ1n) is 6.12. The Morgan fingerprint density at radius 3 is 2.76 bits per heavy atom. The van der Waals surface area contributed by atoms with Gasteiger partial charge in [0.1, 0.15) is 0 Å². The Kier molecular flexibility index (Phi) is 2.35. The van der Waals surface area contributed by atoms with Crippen molar-refractivity contribution in [2.24, 2.45) is 5.73 Å². The predicted molar refractivity (Wildman–Crippen MR) is 66.7 cm³/mol. The first-order valence-corrected chi connectivity index (χ1v) is 7.77. The van der Waals surface area contributed by atoms with Crippen LogP contribution in [0.4, 0.5) is 0 Å². The third kappa shape index (κ3) is 2.11. The van der Waals surface area contributed by atoms with E-state index in [0.29, 0.717) is 11.3 Å². The van der Waals surface area contributed by atoms with Gasteiger partial charge in [0.25, 0.3) is 0 Å². The Morgan fingerprint density at radius 1 is 1.29 bits per heavy atom. The summed E-state index contributed by atoms with van der Waals surface area (Å²) in [6.07, 6.45) is 4.90. The molecule has 0 aromatic heterocycles. The molecule has 4 heteroatoms. The zero-order valence-corrected chi connectivity index (χ0v) is 10.6. The normalized spacial score (nSPS) is 23.4. The second kappa shape index (κ2) is 3.56. The fourth-order valence-corrected chi connectivity index (χ4v) is 3.99. The fourth-order valence-electron chi connectivity index (χ4n) is 2.45. The van der Waals surface area contributed by atoms with Crippen LogP contribution >= 0.6 is 0 Å². The topological polar surface area (TPSA) is 60.2 Å². The van der Waals surface area contributed by atoms with Crippen molar-refractivity contribution in [3.8, 4) is 0 Å². The summed E-state index contributed by atoms with van der Waals surface area (Å²) in [5.41, 5.74) is 8.34. The predicted octanol–water partition coefficient (Wildman–Crippen LogP) is 1.44. The largest absolute Gasteiger partial charge is 0.325 e. The van der Waals surface area contributed by atoms with Crippen molar-refractivity contribution >= 4 is 9.84 Å². The van der Waals surface area contributed by atoms with Gasteiger partial charge in [0, 0.05) is 5.54 Å². The Balaban J connectivity index is 1.80. The zero-order valence-electron chi connectivity index (χ0n) is 9.78. The Morgan fingerprint density at radius 2 is 2.06 bits per heavy atom. The van der Waals surface area contributed by atoms with E-state index in [-0.39, 0.29) is 11.3 Å². The summed E-state index contributed by atoms with van der Waals surface area (Å²) in [5, 5.41) is 0. The quantitative estimate of drug-likeness (QED) is 0.884. The van der Waals surface area contributed by atoms with Crippen molar-refractivity contribution in [2.75, 3.05) is 5.75 Å². The molecule has 3 nitrogen and oxygen atoms in total. The van der Waals surface area contributed by atoms with E-state index in [4.69, 9.17) is 5.73 Å². The first kappa shape index (κ1) is 11.2. The van der Waals surface area contributed by atoms with Gasteiger partial charge in [0.2, 0.25) is 0 Å². The van der Waals surface area contributed by atoms with Gasteiger partial charge in [0.05, 0.1) is 10.6 Å². The Labute approximate surface area is 102 Å². The van der Waals surface area contributed by atoms with Gasteiger partial charge in [-0.15, -0.1) is 0 Å². The molecular formula is C13H17NO2S. The summed E-state index contributed by atoms with van der Waals surface area (Å²) < 4.78 is 23.3. The minimum atomic E-state index is -2.98. The van der Waals surface area contributed by atoms with Gasteiger partial charge in [-0.2, -0.15) is 0 Å². The first-order chi connectivity index (χ1) is 7.99. The average molecular weight is 251 g/mol. The molecule has 1 aromatic carbocycles. The van der Waals surface area contributed by atoms with Crippen LogP contribution in [0.15, 0.2) is 23.1 Å². The molecule has 0 bridgehead atoms. The molecule has 0 amide bonds. The molecule has 92 valence electrons. The highest BCUT2D eigenvalue weighted by molar-refractivity contribution is 7.91. The summed E-state index contributed by atoms with van der Waals surface area (Å²) in [6, 6.07) is 5.75. The zero-order chi connectivity index (χ0) is 12.1. The van der Waals surface area contributed by atoms with Crippen molar-refractivity contribution in [3.63, 3.8) is 0 Å². The van der Waals surface area contributed by atoms with Crippen molar-refractivity contribution < 1.29 is 8.42 Å². The van der Waals surface area contributed by atoms with Crippen LogP contribution in [-0.2, 0) is 22.7 Å². The van der Waals surface area contributed by atoms with Crippen LogP contribution in [0.3, 0.4) is 0 Å². The van der Waals surface area contributed by atoms with Crippen LogP contribution in [0.1, 0.15) is 30.4 Å². The van der Waals surface area contributed by atoms with Gasteiger partial charge in [-0.3, -0.25) is 0 Å². The lowest BCUT2D eigenvalue weighted by molar-refractivity contribution is 0.599. The van der Waals surface area contributed by atoms with E-state index < -0.39 is 9.84 Å². The van der Waals surface area contributed by atoms with Gasteiger partial charge < -0.3 is 5.73 Å². The lowest BCUT2D eigenvalue weighted by Gasteiger charge is -2.09. The summed E-state index contributed by atoms with van der Waals surface area (Å²) in [7, 11) is -2.98. The smallest absolute Gasteiger partial charge is 0.178 e. The van der Waals surface area contributed by atoms with E-state index in [9.17, 15) is 8.42 Å². The van der Waals surface area contributed by atoms with E-state index in [2.05, 4.69) is 0 Å². The van der Waals surface area contributed by atoms with Crippen LogP contribution in [0.5, 0.6) is 0 Å². The second-order valence-corrected chi connectivity index (χ2v) is 7.45. The maximum Gasteiger partial charge on any atom is 0.178 e. The highest BCUT2D eigenvalue weighted by atomic mass is 32.2. The molecule has 17 heavy (non-hydrogen) atoms. The van der Waals surface area contributed by atoms with Crippen LogP contribution < -0.4 is 5.73 Å². The summed E-state index contributed by atoms with van der Waals surface area (Å²) in [4.78, 5) is 0.537. The number of sulfone groups is 1. The van der Waals surface area contributed by atoms with Crippen LogP contribution in [0.2, 0.25) is 0 Å². The molecule has 1 heterocycles. The highest BCUT2D eigenvalue weighted by Gasteiger charge is 2.37. The van der Waals surface area contributed by atoms with E-state index >= 15 is 0 Å². The van der Waals surface area contributed by atoms with Gasteiger partial charge in [0.15, 0.2) is 9.84 Å². The van der Waals surface area contributed by atoms with E-state index in [1.54, 1.807) is 6.07 Å². The number of benzene rings is 1. The highest BCUT2D eigenvalue weighted by Crippen LogP contribution is 2.37. The molecule has 2 aliphatic rings. The second-order valence-electron chi connectivity index (χ2n) is 5.37. The molecule has 1 saturated carbocycles. The summed E-state index contributed by atoms with van der Waals surface area (Å²) in [6.45, 7) is 0. The average Bonchev–Trinajstić information content (AvgIpc) is 2.95. The summed E-state index contributed by atoms with van der Waals surface area (Å²) >= 11 is 0. The van der Waals surface area contributed by atoms with Crippen molar-refractivity contribution in [3.05, 3.63) is 29.3 Å². The fraction of sp³-hybridized carbons (Fsp3) is 0.538. The number of nitrogens with two attached hydrogens (primary N) is 1. The van der Waals surface area contributed by atoms with E-state index in [0.717, 1.165) is 31.2 Å². The lowest BCUT2D eigenvalue weighted by atomic mass is 10.0. The molecule has 1 aromatic rings. The van der Waals surface area contributed by atoms with Crippen molar-refractivity contribution in [1.82, 2.24) is 0 Å². The Bertz CT molecular complexity index is 559. The Hall–Kier alpha value is -0.870. The molecule has 0 saturated heterocycles. The van der Waals surface area contributed by atoms with Gasteiger partial charge in [-0.25, -0.2) is 8.42 Å². The monoisotopic (exact) mass is 251 g/mol. The van der Waals surface area contributed by atoms with Crippen LogP contribution in [-0.4, -0.2) is 19.7 Å².